The van der Waals surface area contributed by atoms with Gasteiger partial charge in [0.25, 0.3) is 5.91 Å². The summed E-state index contributed by atoms with van der Waals surface area (Å²) < 4.78 is 0. The van der Waals surface area contributed by atoms with Crippen molar-refractivity contribution in [1.29, 1.82) is 0 Å². The minimum atomic E-state index is 0.0746. The standard InChI is InChI=1S/C29H31N3O2/c33-28(20-22-8-2-1-3-9-22)30-25-15-18-31(19-16-25)27-13-7-6-12-26(27)29(34)32-17-14-23-10-4-5-11-24(23)21-32/h1-13,25H,14-21H2,(H,30,33). The number of piperidine rings is 1. The van der Waals surface area contributed by atoms with E-state index in [9.17, 15) is 9.59 Å². The molecule has 3 aromatic carbocycles. The Morgan fingerprint density at radius 1 is 0.794 bits per heavy atom. The molecule has 5 heteroatoms. The lowest BCUT2D eigenvalue weighted by Crippen LogP contribution is -2.45. The van der Waals surface area contributed by atoms with Crippen molar-refractivity contribution in [3.63, 3.8) is 0 Å². The van der Waals surface area contributed by atoms with Crippen LogP contribution in [0.5, 0.6) is 0 Å². The summed E-state index contributed by atoms with van der Waals surface area (Å²) in [6.45, 7) is 3.06. The number of carbonyl (C=O) groups excluding carboxylic acids is 2. The number of rotatable bonds is 5. The van der Waals surface area contributed by atoms with Crippen LogP contribution < -0.4 is 10.2 Å². The molecule has 0 radical (unpaired) electrons. The zero-order valence-corrected chi connectivity index (χ0v) is 19.5. The van der Waals surface area contributed by atoms with Gasteiger partial charge in [0.05, 0.1) is 12.0 Å². The van der Waals surface area contributed by atoms with Gasteiger partial charge in [-0.15, -0.1) is 0 Å². The molecule has 2 aliphatic rings. The lowest BCUT2D eigenvalue weighted by atomic mass is 9.98. The van der Waals surface area contributed by atoms with Crippen molar-refractivity contribution in [2.45, 2.75) is 38.3 Å². The quantitative estimate of drug-likeness (QED) is 0.630. The first-order valence-corrected chi connectivity index (χ1v) is 12.2. The number of fused-ring (bicyclic) bond motifs is 1. The summed E-state index contributed by atoms with van der Waals surface area (Å²) in [4.78, 5) is 30.2. The van der Waals surface area contributed by atoms with Gasteiger partial charge in [-0.3, -0.25) is 9.59 Å². The smallest absolute Gasteiger partial charge is 0.256 e. The van der Waals surface area contributed by atoms with Gasteiger partial charge in [-0.2, -0.15) is 0 Å². The average Bonchev–Trinajstić information content (AvgIpc) is 2.89. The van der Waals surface area contributed by atoms with Crippen LogP contribution in [-0.4, -0.2) is 42.4 Å². The fraction of sp³-hybridized carbons (Fsp3) is 0.310. The Morgan fingerprint density at radius 2 is 1.47 bits per heavy atom. The van der Waals surface area contributed by atoms with Gasteiger partial charge in [-0.05, 0) is 48.1 Å². The van der Waals surface area contributed by atoms with Gasteiger partial charge in [-0.1, -0.05) is 66.7 Å². The summed E-state index contributed by atoms with van der Waals surface area (Å²) >= 11 is 0. The first kappa shape index (κ1) is 22.2. The van der Waals surface area contributed by atoms with Crippen molar-refractivity contribution in [3.8, 4) is 0 Å². The zero-order chi connectivity index (χ0) is 23.3. The fourth-order valence-corrected chi connectivity index (χ4v) is 5.09. The van der Waals surface area contributed by atoms with Crippen LogP contribution in [0.4, 0.5) is 5.69 Å². The van der Waals surface area contributed by atoms with E-state index in [1.54, 1.807) is 0 Å². The second kappa shape index (κ2) is 10.1. The molecule has 1 N–H and O–H groups in total. The number of hydrogen-bond donors (Lipinski definition) is 1. The number of amides is 2. The summed E-state index contributed by atoms with van der Waals surface area (Å²) in [7, 11) is 0. The topological polar surface area (TPSA) is 52.7 Å². The van der Waals surface area contributed by atoms with Gasteiger partial charge < -0.3 is 15.1 Å². The summed E-state index contributed by atoms with van der Waals surface area (Å²) in [5, 5.41) is 3.20. The third kappa shape index (κ3) is 4.98. The Bertz CT molecular complexity index is 1150. The van der Waals surface area contributed by atoms with E-state index in [0.717, 1.165) is 55.7 Å². The van der Waals surface area contributed by atoms with Gasteiger partial charge >= 0.3 is 0 Å². The fourth-order valence-electron chi connectivity index (χ4n) is 5.09. The van der Waals surface area contributed by atoms with Crippen molar-refractivity contribution in [2.24, 2.45) is 0 Å². The number of para-hydroxylation sites is 1. The maximum atomic E-state index is 13.5. The van der Waals surface area contributed by atoms with E-state index in [2.05, 4.69) is 34.5 Å². The molecule has 2 amide bonds. The second-order valence-corrected chi connectivity index (χ2v) is 9.25. The summed E-state index contributed by atoms with van der Waals surface area (Å²) in [6.07, 6.45) is 3.07. The molecule has 0 saturated carbocycles. The number of benzene rings is 3. The van der Waals surface area contributed by atoms with E-state index in [0.29, 0.717) is 13.0 Å². The molecular formula is C29H31N3O2. The molecule has 0 atom stereocenters. The van der Waals surface area contributed by atoms with Gasteiger partial charge in [0, 0.05) is 37.9 Å². The first-order valence-electron chi connectivity index (χ1n) is 12.2. The minimum Gasteiger partial charge on any atom is -0.371 e. The Hall–Kier alpha value is -3.60. The van der Waals surface area contributed by atoms with E-state index in [1.807, 2.05) is 59.5 Å². The molecule has 0 bridgehead atoms. The number of hydrogen-bond acceptors (Lipinski definition) is 3. The molecule has 0 spiro atoms. The Balaban J connectivity index is 1.21. The van der Waals surface area contributed by atoms with E-state index in [1.165, 1.54) is 11.1 Å². The largest absolute Gasteiger partial charge is 0.371 e. The predicted octanol–water partition coefficient (Wildman–Crippen LogP) is 4.21. The molecule has 2 heterocycles. The van der Waals surface area contributed by atoms with Crippen LogP contribution in [0.1, 0.15) is 39.9 Å². The van der Waals surface area contributed by atoms with Crippen LogP contribution in [0.15, 0.2) is 78.9 Å². The normalized spacial score (nSPS) is 16.1. The SMILES string of the molecule is O=C(Cc1ccccc1)NC1CCN(c2ccccc2C(=O)N2CCc3ccccc3C2)CC1. The molecule has 174 valence electrons. The molecule has 34 heavy (non-hydrogen) atoms. The second-order valence-electron chi connectivity index (χ2n) is 9.25. The van der Waals surface area contributed by atoms with Gasteiger partial charge in [0.15, 0.2) is 0 Å². The van der Waals surface area contributed by atoms with E-state index < -0.39 is 0 Å². The predicted molar refractivity (Wildman–Crippen MR) is 135 cm³/mol. The van der Waals surface area contributed by atoms with Crippen LogP contribution in [0.3, 0.4) is 0 Å². The third-order valence-corrected chi connectivity index (χ3v) is 6.96. The van der Waals surface area contributed by atoms with Crippen molar-refractivity contribution in [3.05, 3.63) is 101 Å². The van der Waals surface area contributed by atoms with E-state index in [4.69, 9.17) is 0 Å². The monoisotopic (exact) mass is 453 g/mol. The molecule has 0 aromatic heterocycles. The van der Waals surface area contributed by atoms with Crippen LogP contribution in [0.25, 0.3) is 0 Å². The van der Waals surface area contributed by atoms with Crippen molar-refractivity contribution in [1.82, 2.24) is 10.2 Å². The molecule has 0 aliphatic carbocycles. The van der Waals surface area contributed by atoms with Crippen molar-refractivity contribution >= 4 is 17.5 Å². The molecule has 1 saturated heterocycles. The highest BCUT2D eigenvalue weighted by Crippen LogP contribution is 2.27. The third-order valence-electron chi connectivity index (χ3n) is 6.96. The van der Waals surface area contributed by atoms with Crippen molar-refractivity contribution < 1.29 is 9.59 Å². The highest BCUT2D eigenvalue weighted by atomic mass is 16.2. The first-order chi connectivity index (χ1) is 16.7. The van der Waals surface area contributed by atoms with E-state index >= 15 is 0 Å². The molecular weight excluding hydrogens is 422 g/mol. The Morgan fingerprint density at radius 3 is 2.26 bits per heavy atom. The van der Waals surface area contributed by atoms with Crippen molar-refractivity contribution in [2.75, 3.05) is 24.5 Å². The molecule has 5 rings (SSSR count). The minimum absolute atomic E-state index is 0.0746. The zero-order valence-electron chi connectivity index (χ0n) is 19.5. The maximum Gasteiger partial charge on any atom is 0.256 e. The average molecular weight is 454 g/mol. The van der Waals surface area contributed by atoms with Gasteiger partial charge in [-0.25, -0.2) is 0 Å². The maximum absolute atomic E-state index is 13.5. The highest BCUT2D eigenvalue weighted by Gasteiger charge is 2.27. The number of carbonyl (C=O) groups is 2. The van der Waals surface area contributed by atoms with Crippen LogP contribution in [-0.2, 0) is 24.2 Å². The van der Waals surface area contributed by atoms with Gasteiger partial charge in [0.1, 0.15) is 0 Å². The van der Waals surface area contributed by atoms with Crippen LogP contribution in [0.2, 0.25) is 0 Å². The number of anilines is 1. The molecule has 1 fully saturated rings. The van der Waals surface area contributed by atoms with Crippen LogP contribution in [0, 0.1) is 0 Å². The lowest BCUT2D eigenvalue weighted by molar-refractivity contribution is -0.121. The molecule has 2 aliphatic heterocycles. The highest BCUT2D eigenvalue weighted by molar-refractivity contribution is 6.00. The molecule has 0 unspecified atom stereocenters. The molecule has 3 aromatic rings. The lowest BCUT2D eigenvalue weighted by Gasteiger charge is -2.36. The summed E-state index contributed by atoms with van der Waals surface area (Å²) in [5.41, 5.74) is 5.39. The van der Waals surface area contributed by atoms with E-state index in [-0.39, 0.29) is 17.9 Å². The molecule has 5 nitrogen and oxygen atoms in total. The van der Waals surface area contributed by atoms with Gasteiger partial charge in [0.2, 0.25) is 5.91 Å². The summed E-state index contributed by atoms with van der Waals surface area (Å²) in [6, 6.07) is 26.4. The summed E-state index contributed by atoms with van der Waals surface area (Å²) in [5.74, 6) is 0.175. The Kier molecular flexibility index (Phi) is 6.61. The Labute approximate surface area is 201 Å². The van der Waals surface area contributed by atoms with Crippen LogP contribution >= 0.6 is 0 Å². The number of nitrogens with zero attached hydrogens (tertiary/aromatic N) is 2. The number of nitrogens with one attached hydrogen (secondary N) is 1.